The van der Waals surface area contributed by atoms with Crippen molar-refractivity contribution in [3.05, 3.63) is 5.01 Å². The van der Waals surface area contributed by atoms with Gasteiger partial charge in [0.2, 0.25) is 5.13 Å². The van der Waals surface area contributed by atoms with Gasteiger partial charge in [-0.15, -0.1) is 10.2 Å². The van der Waals surface area contributed by atoms with Crippen LogP contribution in [0.4, 0.5) is 5.13 Å². The summed E-state index contributed by atoms with van der Waals surface area (Å²) in [6.45, 7) is 6.00. The van der Waals surface area contributed by atoms with Gasteiger partial charge in [-0.25, -0.2) is 0 Å². The second kappa shape index (κ2) is 4.90. The number of hydrogen-bond acceptors (Lipinski definition) is 5. The number of nitrogens with zero attached hydrogens (tertiary/aromatic N) is 2. The minimum absolute atomic E-state index is 0.423. The van der Waals surface area contributed by atoms with Crippen LogP contribution in [0.25, 0.3) is 0 Å². The Labute approximate surface area is 94.1 Å². The molecular weight excluding hydrogens is 210 g/mol. The van der Waals surface area contributed by atoms with Crippen LogP contribution >= 0.6 is 11.3 Å². The smallest absolute Gasteiger partial charge is 0.205 e. The Bertz CT molecular complexity index is 315. The zero-order valence-corrected chi connectivity index (χ0v) is 10.0. The molecule has 84 valence electrons. The summed E-state index contributed by atoms with van der Waals surface area (Å²) in [5.41, 5.74) is 0. The lowest BCUT2D eigenvalue weighted by molar-refractivity contribution is 0.0900. The van der Waals surface area contributed by atoms with E-state index in [1.165, 1.54) is 0 Å². The zero-order chi connectivity index (χ0) is 10.7. The number of aryl methyl sites for hydroxylation is 1. The maximum atomic E-state index is 5.64. The quantitative estimate of drug-likeness (QED) is 0.855. The van der Waals surface area contributed by atoms with Crippen LogP contribution < -0.4 is 5.32 Å². The van der Waals surface area contributed by atoms with Crippen LogP contribution in [0.5, 0.6) is 0 Å². The first-order valence-electron chi connectivity index (χ1n) is 5.45. The van der Waals surface area contributed by atoms with E-state index < -0.39 is 0 Å². The topological polar surface area (TPSA) is 47.0 Å². The van der Waals surface area contributed by atoms with Crippen molar-refractivity contribution in [3.63, 3.8) is 0 Å². The molecule has 2 rings (SSSR count). The summed E-state index contributed by atoms with van der Waals surface area (Å²) in [6, 6.07) is 0. The molecule has 1 aromatic rings. The first-order chi connectivity index (χ1) is 7.29. The number of anilines is 1. The van der Waals surface area contributed by atoms with Crippen LogP contribution in [-0.4, -0.2) is 29.5 Å². The molecule has 1 aliphatic heterocycles. The SMILES string of the molecule is CCC1OCCC1CNc1nnc(C)s1. The third kappa shape index (κ3) is 2.66. The average molecular weight is 227 g/mol. The van der Waals surface area contributed by atoms with E-state index in [0.717, 1.165) is 36.1 Å². The van der Waals surface area contributed by atoms with Crippen molar-refractivity contribution >= 4 is 16.5 Å². The van der Waals surface area contributed by atoms with Crippen LogP contribution in [-0.2, 0) is 4.74 Å². The number of hydrogen-bond donors (Lipinski definition) is 1. The molecule has 0 spiro atoms. The summed E-state index contributed by atoms with van der Waals surface area (Å²) in [6.07, 6.45) is 2.68. The fraction of sp³-hybridized carbons (Fsp3) is 0.800. The molecule has 0 radical (unpaired) electrons. The highest BCUT2D eigenvalue weighted by Gasteiger charge is 2.26. The number of ether oxygens (including phenoxy) is 1. The highest BCUT2D eigenvalue weighted by molar-refractivity contribution is 7.15. The van der Waals surface area contributed by atoms with E-state index in [1.807, 2.05) is 6.92 Å². The minimum atomic E-state index is 0.423. The van der Waals surface area contributed by atoms with E-state index in [1.54, 1.807) is 11.3 Å². The summed E-state index contributed by atoms with van der Waals surface area (Å²) in [5, 5.41) is 13.3. The van der Waals surface area contributed by atoms with Gasteiger partial charge in [0.05, 0.1) is 6.10 Å². The van der Waals surface area contributed by atoms with Gasteiger partial charge >= 0.3 is 0 Å². The Morgan fingerprint density at radius 3 is 3.07 bits per heavy atom. The van der Waals surface area contributed by atoms with Crippen LogP contribution in [0.3, 0.4) is 0 Å². The third-order valence-electron chi connectivity index (χ3n) is 2.79. The van der Waals surface area contributed by atoms with E-state index in [4.69, 9.17) is 4.74 Å². The summed E-state index contributed by atoms with van der Waals surface area (Å²) in [7, 11) is 0. The highest BCUT2D eigenvalue weighted by atomic mass is 32.1. The molecule has 1 saturated heterocycles. The monoisotopic (exact) mass is 227 g/mol. The van der Waals surface area contributed by atoms with Gasteiger partial charge in [0.15, 0.2) is 0 Å². The predicted molar refractivity (Wildman–Crippen MR) is 61.3 cm³/mol. The molecule has 1 aliphatic rings. The molecule has 15 heavy (non-hydrogen) atoms. The third-order valence-corrected chi connectivity index (χ3v) is 3.59. The molecule has 2 unspecified atom stereocenters. The molecule has 4 nitrogen and oxygen atoms in total. The lowest BCUT2D eigenvalue weighted by Crippen LogP contribution is -2.22. The van der Waals surface area contributed by atoms with Crippen LogP contribution in [0, 0.1) is 12.8 Å². The van der Waals surface area contributed by atoms with Gasteiger partial charge in [-0.05, 0) is 19.8 Å². The van der Waals surface area contributed by atoms with Gasteiger partial charge in [0, 0.05) is 19.1 Å². The number of nitrogens with one attached hydrogen (secondary N) is 1. The molecule has 1 N–H and O–H groups in total. The Kier molecular flexibility index (Phi) is 3.53. The second-order valence-electron chi connectivity index (χ2n) is 3.87. The normalized spacial score (nSPS) is 25.7. The largest absolute Gasteiger partial charge is 0.378 e. The lowest BCUT2D eigenvalue weighted by Gasteiger charge is -2.16. The van der Waals surface area contributed by atoms with E-state index in [9.17, 15) is 0 Å². The molecule has 0 amide bonds. The first-order valence-corrected chi connectivity index (χ1v) is 6.27. The molecule has 5 heteroatoms. The molecule has 1 aromatic heterocycles. The van der Waals surface area contributed by atoms with Gasteiger partial charge in [0.1, 0.15) is 5.01 Å². The molecule has 0 aliphatic carbocycles. The minimum Gasteiger partial charge on any atom is -0.378 e. The standard InChI is InChI=1S/C10H17N3OS/c1-3-9-8(4-5-14-9)6-11-10-13-12-7(2)15-10/h8-9H,3-6H2,1-2H3,(H,11,13). The van der Waals surface area contributed by atoms with Gasteiger partial charge in [-0.3, -0.25) is 0 Å². The Hall–Kier alpha value is -0.680. The van der Waals surface area contributed by atoms with Crippen molar-refractivity contribution in [3.8, 4) is 0 Å². The lowest BCUT2D eigenvalue weighted by atomic mass is 10.00. The molecule has 1 fully saturated rings. The summed E-state index contributed by atoms with van der Waals surface area (Å²) in [4.78, 5) is 0. The van der Waals surface area contributed by atoms with E-state index >= 15 is 0 Å². The van der Waals surface area contributed by atoms with Crippen molar-refractivity contribution in [1.29, 1.82) is 0 Å². The maximum absolute atomic E-state index is 5.64. The molecule has 0 bridgehead atoms. The highest BCUT2D eigenvalue weighted by Crippen LogP contribution is 2.24. The Morgan fingerprint density at radius 1 is 1.53 bits per heavy atom. The van der Waals surface area contributed by atoms with Gasteiger partial charge in [-0.2, -0.15) is 0 Å². The fourth-order valence-corrected chi connectivity index (χ4v) is 2.56. The van der Waals surface area contributed by atoms with Crippen molar-refractivity contribution in [1.82, 2.24) is 10.2 Å². The van der Waals surface area contributed by atoms with Gasteiger partial charge in [-0.1, -0.05) is 18.3 Å². The van der Waals surface area contributed by atoms with Crippen LogP contribution in [0.1, 0.15) is 24.8 Å². The molecule has 2 heterocycles. The van der Waals surface area contributed by atoms with Crippen molar-refractivity contribution in [2.24, 2.45) is 5.92 Å². The first kappa shape index (κ1) is 10.8. The van der Waals surface area contributed by atoms with Crippen molar-refractivity contribution in [2.45, 2.75) is 32.8 Å². The second-order valence-corrected chi connectivity index (χ2v) is 5.06. The van der Waals surface area contributed by atoms with E-state index in [0.29, 0.717) is 12.0 Å². The summed E-state index contributed by atoms with van der Waals surface area (Å²) in [5.74, 6) is 0.624. The van der Waals surface area contributed by atoms with Gasteiger partial charge in [0.25, 0.3) is 0 Å². The maximum Gasteiger partial charge on any atom is 0.205 e. The van der Waals surface area contributed by atoms with Gasteiger partial charge < -0.3 is 10.1 Å². The molecule has 0 aromatic carbocycles. The summed E-state index contributed by atoms with van der Waals surface area (Å²) >= 11 is 1.61. The van der Waals surface area contributed by atoms with E-state index in [-0.39, 0.29) is 0 Å². The summed E-state index contributed by atoms with van der Waals surface area (Å²) < 4.78 is 5.64. The molecule has 2 atom stereocenters. The predicted octanol–water partition coefficient (Wildman–Crippen LogP) is 2.07. The Morgan fingerprint density at radius 2 is 2.40 bits per heavy atom. The van der Waals surface area contributed by atoms with Crippen molar-refractivity contribution < 1.29 is 4.74 Å². The fourth-order valence-electron chi connectivity index (χ4n) is 1.96. The molecule has 0 saturated carbocycles. The van der Waals surface area contributed by atoms with Crippen LogP contribution in [0.15, 0.2) is 0 Å². The average Bonchev–Trinajstić information content (AvgIpc) is 2.83. The zero-order valence-electron chi connectivity index (χ0n) is 9.19. The number of aromatic nitrogens is 2. The molecular formula is C10H17N3OS. The number of rotatable bonds is 4. The van der Waals surface area contributed by atoms with E-state index in [2.05, 4.69) is 22.4 Å². The Balaban J connectivity index is 1.82. The van der Waals surface area contributed by atoms with Crippen LogP contribution in [0.2, 0.25) is 0 Å². The van der Waals surface area contributed by atoms with Crippen molar-refractivity contribution in [2.75, 3.05) is 18.5 Å².